The van der Waals surface area contributed by atoms with Gasteiger partial charge in [0.25, 0.3) is 0 Å². The quantitative estimate of drug-likeness (QED) is 0.849. The molecule has 2 saturated heterocycles. The summed E-state index contributed by atoms with van der Waals surface area (Å²) in [6, 6.07) is 0.381. The van der Waals surface area contributed by atoms with Crippen molar-refractivity contribution in [3.63, 3.8) is 0 Å². The zero-order chi connectivity index (χ0) is 15.2. The lowest BCUT2D eigenvalue weighted by atomic mass is 9.94. The molecular weight excluding hydrogens is 266 g/mol. The molecule has 1 unspecified atom stereocenters. The average Bonchev–Trinajstić information content (AvgIpc) is 2.53. The monoisotopic (exact) mass is 295 g/mol. The molecule has 0 spiro atoms. The fraction of sp³-hybridized carbons (Fsp3) is 0.875. The van der Waals surface area contributed by atoms with Crippen LogP contribution in [0.5, 0.6) is 0 Å². The van der Waals surface area contributed by atoms with E-state index in [4.69, 9.17) is 0 Å². The normalized spacial score (nSPS) is 23.9. The van der Waals surface area contributed by atoms with E-state index in [0.717, 1.165) is 58.3 Å². The highest BCUT2D eigenvalue weighted by Crippen LogP contribution is 2.22. The molecule has 0 bridgehead atoms. The molecule has 0 aromatic carbocycles. The molecule has 2 aliphatic heterocycles. The lowest BCUT2D eigenvalue weighted by molar-refractivity contribution is -0.142. The van der Waals surface area contributed by atoms with Crippen molar-refractivity contribution in [3.8, 4) is 0 Å². The Labute approximate surface area is 128 Å². The minimum atomic E-state index is 0.00378. The van der Waals surface area contributed by atoms with Crippen molar-refractivity contribution in [2.24, 2.45) is 5.92 Å². The van der Waals surface area contributed by atoms with Crippen LogP contribution < -0.4 is 5.32 Å². The van der Waals surface area contributed by atoms with E-state index in [-0.39, 0.29) is 17.7 Å². The molecule has 2 heterocycles. The van der Waals surface area contributed by atoms with E-state index in [9.17, 15) is 9.59 Å². The van der Waals surface area contributed by atoms with Gasteiger partial charge in [0.1, 0.15) is 0 Å². The average molecular weight is 295 g/mol. The topological polar surface area (TPSA) is 52.7 Å². The summed E-state index contributed by atoms with van der Waals surface area (Å²) in [4.78, 5) is 28.4. The number of piperidine rings is 2. The maximum atomic E-state index is 12.9. The number of nitrogens with zero attached hydrogens (tertiary/aromatic N) is 2. The van der Waals surface area contributed by atoms with Gasteiger partial charge in [-0.2, -0.15) is 0 Å². The van der Waals surface area contributed by atoms with Gasteiger partial charge in [-0.25, -0.2) is 0 Å². The van der Waals surface area contributed by atoms with Crippen LogP contribution >= 0.6 is 0 Å². The van der Waals surface area contributed by atoms with Crippen LogP contribution in [-0.4, -0.2) is 60.4 Å². The minimum absolute atomic E-state index is 0.00378. The molecular formula is C16H29N3O2. The first-order valence-corrected chi connectivity index (χ1v) is 8.40. The van der Waals surface area contributed by atoms with Gasteiger partial charge >= 0.3 is 0 Å². The predicted octanol–water partition coefficient (Wildman–Crippen LogP) is 1.24. The Bertz CT molecular complexity index is 367. The second kappa shape index (κ2) is 7.78. The summed E-state index contributed by atoms with van der Waals surface area (Å²) in [5.41, 5.74) is 0. The summed E-state index contributed by atoms with van der Waals surface area (Å²) >= 11 is 0. The third-order valence-electron chi connectivity index (χ3n) is 4.71. The van der Waals surface area contributed by atoms with Crippen LogP contribution in [0.15, 0.2) is 0 Å². The third-order valence-corrected chi connectivity index (χ3v) is 4.71. The molecule has 0 aromatic heterocycles. The third kappa shape index (κ3) is 4.19. The molecule has 2 rings (SSSR count). The van der Waals surface area contributed by atoms with Gasteiger partial charge < -0.3 is 15.1 Å². The summed E-state index contributed by atoms with van der Waals surface area (Å²) in [7, 11) is 0. The summed E-state index contributed by atoms with van der Waals surface area (Å²) in [5, 5.41) is 3.36. The number of nitrogens with one attached hydrogen (secondary N) is 1. The molecule has 1 N–H and O–H groups in total. The predicted molar refractivity (Wildman–Crippen MR) is 82.9 cm³/mol. The number of rotatable bonds is 4. The van der Waals surface area contributed by atoms with Gasteiger partial charge in [-0.3, -0.25) is 9.59 Å². The second-order valence-corrected chi connectivity index (χ2v) is 6.32. The molecule has 5 heteroatoms. The molecule has 5 nitrogen and oxygen atoms in total. The molecule has 2 aliphatic rings. The lowest BCUT2D eigenvalue weighted by Gasteiger charge is -2.39. The Morgan fingerprint density at radius 3 is 2.57 bits per heavy atom. The van der Waals surface area contributed by atoms with E-state index in [1.807, 2.05) is 4.90 Å². The molecule has 2 fully saturated rings. The van der Waals surface area contributed by atoms with E-state index in [1.165, 1.54) is 0 Å². The minimum Gasteiger partial charge on any atom is -0.342 e. The van der Waals surface area contributed by atoms with Crippen LogP contribution in [-0.2, 0) is 9.59 Å². The summed E-state index contributed by atoms with van der Waals surface area (Å²) in [6.45, 7) is 8.00. The van der Waals surface area contributed by atoms with Crippen molar-refractivity contribution in [2.45, 2.75) is 52.0 Å². The Morgan fingerprint density at radius 2 is 1.95 bits per heavy atom. The molecule has 1 atom stereocenters. The molecule has 120 valence electrons. The van der Waals surface area contributed by atoms with Crippen molar-refractivity contribution >= 4 is 11.8 Å². The highest BCUT2D eigenvalue weighted by Gasteiger charge is 2.33. The summed E-state index contributed by atoms with van der Waals surface area (Å²) in [6.07, 6.45) is 4.97. The molecule has 0 aliphatic carbocycles. The van der Waals surface area contributed by atoms with Crippen molar-refractivity contribution in [1.82, 2.24) is 15.1 Å². The maximum absolute atomic E-state index is 12.9. The molecule has 0 aromatic rings. The standard InChI is InChI=1S/C16H29N3O2/c1-3-10-19(15-6-8-17-9-7-15)16(21)14-5-4-11-18(12-14)13(2)20/h14-15,17H,3-12H2,1-2H3. The first kappa shape index (κ1) is 16.3. The Balaban J connectivity index is 2.01. The van der Waals surface area contributed by atoms with Gasteiger partial charge in [-0.05, 0) is 45.2 Å². The maximum Gasteiger partial charge on any atom is 0.227 e. The molecule has 0 radical (unpaired) electrons. The van der Waals surface area contributed by atoms with Gasteiger partial charge in [0.05, 0.1) is 5.92 Å². The van der Waals surface area contributed by atoms with Gasteiger partial charge in [-0.15, -0.1) is 0 Å². The van der Waals surface area contributed by atoms with E-state index in [0.29, 0.717) is 12.6 Å². The number of hydrogen-bond acceptors (Lipinski definition) is 3. The largest absolute Gasteiger partial charge is 0.342 e. The Morgan fingerprint density at radius 1 is 1.24 bits per heavy atom. The van der Waals surface area contributed by atoms with Crippen LogP contribution in [0.3, 0.4) is 0 Å². The van der Waals surface area contributed by atoms with E-state index in [1.54, 1.807) is 6.92 Å². The molecule has 2 amide bonds. The van der Waals surface area contributed by atoms with Crippen LogP contribution in [0.25, 0.3) is 0 Å². The van der Waals surface area contributed by atoms with Gasteiger partial charge in [0, 0.05) is 32.6 Å². The van der Waals surface area contributed by atoms with Gasteiger partial charge in [0.15, 0.2) is 0 Å². The van der Waals surface area contributed by atoms with E-state index in [2.05, 4.69) is 17.1 Å². The lowest BCUT2D eigenvalue weighted by Crippen LogP contribution is -2.51. The van der Waals surface area contributed by atoms with Crippen molar-refractivity contribution in [3.05, 3.63) is 0 Å². The molecule has 0 saturated carbocycles. The second-order valence-electron chi connectivity index (χ2n) is 6.32. The van der Waals surface area contributed by atoms with E-state index >= 15 is 0 Å². The van der Waals surface area contributed by atoms with Crippen LogP contribution in [0, 0.1) is 5.92 Å². The number of carbonyl (C=O) groups excluding carboxylic acids is 2. The smallest absolute Gasteiger partial charge is 0.227 e. The van der Waals surface area contributed by atoms with Crippen molar-refractivity contribution < 1.29 is 9.59 Å². The fourth-order valence-corrected chi connectivity index (χ4v) is 3.53. The van der Waals surface area contributed by atoms with Crippen molar-refractivity contribution in [1.29, 1.82) is 0 Å². The van der Waals surface area contributed by atoms with Crippen LogP contribution in [0.2, 0.25) is 0 Å². The number of carbonyl (C=O) groups is 2. The zero-order valence-electron chi connectivity index (χ0n) is 13.4. The first-order valence-electron chi connectivity index (χ1n) is 8.40. The number of hydrogen-bond donors (Lipinski definition) is 1. The van der Waals surface area contributed by atoms with Gasteiger partial charge in [-0.1, -0.05) is 6.92 Å². The number of amides is 2. The highest BCUT2D eigenvalue weighted by atomic mass is 16.2. The van der Waals surface area contributed by atoms with Crippen LogP contribution in [0.4, 0.5) is 0 Å². The zero-order valence-corrected chi connectivity index (χ0v) is 13.4. The Kier molecular flexibility index (Phi) is 6.03. The number of likely N-dealkylation sites (tertiary alicyclic amines) is 1. The highest BCUT2D eigenvalue weighted by molar-refractivity contribution is 5.81. The van der Waals surface area contributed by atoms with Gasteiger partial charge in [0.2, 0.25) is 11.8 Å². The SMILES string of the molecule is CCCN(C(=O)C1CCCN(C(C)=O)C1)C1CCNCC1. The van der Waals surface area contributed by atoms with Crippen LogP contribution in [0.1, 0.15) is 46.0 Å². The first-order chi connectivity index (χ1) is 10.1. The van der Waals surface area contributed by atoms with E-state index < -0.39 is 0 Å². The summed E-state index contributed by atoms with van der Waals surface area (Å²) in [5.74, 6) is 0.371. The molecule has 21 heavy (non-hydrogen) atoms. The summed E-state index contributed by atoms with van der Waals surface area (Å²) < 4.78 is 0. The van der Waals surface area contributed by atoms with Crippen molar-refractivity contribution in [2.75, 3.05) is 32.7 Å². The fourth-order valence-electron chi connectivity index (χ4n) is 3.53. The Hall–Kier alpha value is -1.10.